The van der Waals surface area contributed by atoms with Crippen LogP contribution in [0.3, 0.4) is 0 Å². The molecular formula is C40H56N8O8. The molecule has 2 aromatic carbocycles. The highest BCUT2D eigenvalue weighted by molar-refractivity contribution is 6.12. The molecule has 2 aromatic rings. The lowest BCUT2D eigenvalue weighted by Gasteiger charge is -2.34. The molecule has 304 valence electrons. The number of amides is 6. The third kappa shape index (κ3) is 9.28. The van der Waals surface area contributed by atoms with Gasteiger partial charge in [0.1, 0.15) is 47.8 Å². The van der Waals surface area contributed by atoms with Crippen LogP contribution >= 0.6 is 0 Å². The number of nitrogens with zero attached hydrogens (tertiary/aromatic N) is 6. The first-order valence-electron chi connectivity index (χ1n) is 19.2. The van der Waals surface area contributed by atoms with Gasteiger partial charge in [-0.3, -0.25) is 29.4 Å². The van der Waals surface area contributed by atoms with Gasteiger partial charge in [0.2, 0.25) is 11.8 Å². The topological polar surface area (TPSA) is 167 Å². The molecule has 56 heavy (non-hydrogen) atoms. The number of piperazine rings is 2. The smallest absolute Gasteiger partial charge is 0.326 e. The van der Waals surface area contributed by atoms with E-state index in [9.17, 15) is 19.2 Å². The van der Waals surface area contributed by atoms with Crippen LogP contribution in [-0.4, -0.2) is 145 Å². The van der Waals surface area contributed by atoms with Gasteiger partial charge >= 0.3 is 12.1 Å². The van der Waals surface area contributed by atoms with E-state index in [-0.39, 0.29) is 73.3 Å². The molecule has 0 radical (unpaired) electrons. The summed E-state index contributed by atoms with van der Waals surface area (Å²) >= 11 is 0. The van der Waals surface area contributed by atoms with E-state index >= 15 is 0 Å². The summed E-state index contributed by atoms with van der Waals surface area (Å²) in [7, 11) is 3.20. The van der Waals surface area contributed by atoms with Crippen molar-refractivity contribution in [1.82, 2.24) is 30.2 Å². The molecule has 2 fully saturated rings. The SMILES string of the molecule is COc1ccc(C2=NC(C)C(C)N2C(=O)N2CCNC(=O)C2)c(OC(C)C)c1.COc1ccc(C2=NC(C)C(C)N2C(=O)N2CCNC(=O)C2)c(OC(C)C)c1. The molecule has 6 amide bonds. The summed E-state index contributed by atoms with van der Waals surface area (Å²) in [5, 5.41) is 5.50. The van der Waals surface area contributed by atoms with E-state index in [0.29, 0.717) is 60.8 Å². The van der Waals surface area contributed by atoms with Crippen LogP contribution < -0.4 is 29.6 Å². The third-order valence-corrected chi connectivity index (χ3v) is 9.93. The molecule has 4 heterocycles. The molecule has 0 saturated carbocycles. The van der Waals surface area contributed by atoms with Gasteiger partial charge in [0.05, 0.1) is 61.7 Å². The minimum atomic E-state index is -0.211. The summed E-state index contributed by atoms with van der Waals surface area (Å²) in [4.78, 5) is 66.0. The maximum atomic E-state index is 13.3. The summed E-state index contributed by atoms with van der Waals surface area (Å²) in [5.41, 5.74) is 1.47. The van der Waals surface area contributed by atoms with Crippen LogP contribution in [0.5, 0.6) is 23.0 Å². The van der Waals surface area contributed by atoms with Crippen LogP contribution in [0.4, 0.5) is 9.59 Å². The number of hydrogen-bond donors (Lipinski definition) is 2. The lowest BCUT2D eigenvalue weighted by Crippen LogP contribution is -2.56. The molecule has 0 spiro atoms. The highest BCUT2D eigenvalue weighted by Gasteiger charge is 2.41. The van der Waals surface area contributed by atoms with Gasteiger partial charge in [-0.15, -0.1) is 0 Å². The maximum Gasteiger partial charge on any atom is 0.326 e. The Labute approximate surface area is 329 Å². The average Bonchev–Trinajstić information content (AvgIpc) is 3.63. The van der Waals surface area contributed by atoms with Gasteiger partial charge in [0.15, 0.2) is 0 Å². The summed E-state index contributed by atoms with van der Waals surface area (Å²) < 4.78 is 22.6. The van der Waals surface area contributed by atoms with E-state index in [4.69, 9.17) is 28.9 Å². The average molecular weight is 777 g/mol. The number of rotatable bonds is 8. The summed E-state index contributed by atoms with van der Waals surface area (Å²) in [5.74, 6) is 3.41. The van der Waals surface area contributed by atoms with Crippen LogP contribution in [-0.2, 0) is 9.59 Å². The molecule has 16 nitrogen and oxygen atoms in total. The van der Waals surface area contributed by atoms with Crippen molar-refractivity contribution < 1.29 is 38.1 Å². The van der Waals surface area contributed by atoms with E-state index < -0.39 is 0 Å². The highest BCUT2D eigenvalue weighted by atomic mass is 16.5. The van der Waals surface area contributed by atoms with E-state index in [1.165, 1.54) is 0 Å². The molecule has 4 unspecified atom stereocenters. The van der Waals surface area contributed by atoms with Crippen molar-refractivity contribution in [2.75, 3.05) is 53.5 Å². The number of carbonyl (C=O) groups is 4. The van der Waals surface area contributed by atoms with Gasteiger partial charge in [-0.05, 0) is 79.7 Å². The van der Waals surface area contributed by atoms with Gasteiger partial charge in [-0.2, -0.15) is 0 Å². The molecule has 4 aliphatic rings. The molecule has 0 aromatic heterocycles. The van der Waals surface area contributed by atoms with E-state index in [2.05, 4.69) is 10.6 Å². The van der Waals surface area contributed by atoms with Crippen LogP contribution in [0.2, 0.25) is 0 Å². The number of urea groups is 2. The number of nitrogens with one attached hydrogen (secondary N) is 2. The first kappa shape index (κ1) is 41.6. The van der Waals surface area contributed by atoms with Crippen molar-refractivity contribution in [3.05, 3.63) is 47.5 Å². The fraction of sp³-hybridized carbons (Fsp3) is 0.550. The molecule has 0 aliphatic carbocycles. The lowest BCUT2D eigenvalue weighted by molar-refractivity contribution is -0.124. The Balaban J connectivity index is 0.000000214. The van der Waals surface area contributed by atoms with Crippen molar-refractivity contribution in [2.24, 2.45) is 9.98 Å². The van der Waals surface area contributed by atoms with E-state index in [1.807, 2.05) is 91.8 Å². The molecule has 0 bridgehead atoms. The second-order valence-electron chi connectivity index (χ2n) is 14.8. The Bertz CT molecular complexity index is 1720. The molecule has 2 N–H and O–H groups in total. The van der Waals surface area contributed by atoms with Crippen LogP contribution in [0.1, 0.15) is 66.5 Å². The zero-order chi connectivity index (χ0) is 40.8. The molecule has 4 aliphatic heterocycles. The van der Waals surface area contributed by atoms with Gasteiger partial charge < -0.3 is 39.4 Å². The standard InChI is InChI=1S/2C20H28N4O4/c2*1-12(2)28-17-10-15(27-5)6-7-16(17)19-22-13(3)14(4)24(19)20(26)23-9-8-21-18(25)11-23/h2*6-7,10,12-14H,8-9,11H2,1-5H3,(H,21,25). The Morgan fingerprint density at radius 3 is 1.36 bits per heavy atom. The first-order chi connectivity index (χ1) is 26.6. The van der Waals surface area contributed by atoms with Crippen molar-refractivity contribution in [2.45, 2.75) is 91.8 Å². The minimum Gasteiger partial charge on any atom is -0.497 e. The van der Waals surface area contributed by atoms with Crippen LogP contribution in [0.25, 0.3) is 0 Å². The summed E-state index contributed by atoms with van der Waals surface area (Å²) in [6.45, 7) is 17.7. The predicted molar refractivity (Wildman–Crippen MR) is 212 cm³/mol. The van der Waals surface area contributed by atoms with Gasteiger partial charge in [-0.25, -0.2) is 9.59 Å². The van der Waals surface area contributed by atoms with Crippen molar-refractivity contribution >= 4 is 35.5 Å². The Kier molecular flexibility index (Phi) is 13.3. The largest absolute Gasteiger partial charge is 0.497 e. The maximum absolute atomic E-state index is 13.3. The monoisotopic (exact) mass is 776 g/mol. The lowest BCUT2D eigenvalue weighted by atomic mass is 10.1. The minimum absolute atomic E-state index is 0.0438. The van der Waals surface area contributed by atoms with Gasteiger partial charge in [-0.1, -0.05) is 0 Å². The number of ether oxygens (including phenoxy) is 4. The number of amidine groups is 2. The quantitative estimate of drug-likeness (QED) is 0.409. The van der Waals surface area contributed by atoms with Crippen LogP contribution in [0.15, 0.2) is 46.4 Å². The normalized spacial score (nSPS) is 22.2. The first-order valence-corrected chi connectivity index (χ1v) is 19.2. The molecular weight excluding hydrogens is 720 g/mol. The predicted octanol–water partition coefficient (Wildman–Crippen LogP) is 3.75. The second kappa shape index (κ2) is 17.9. The zero-order valence-corrected chi connectivity index (χ0v) is 34.1. The van der Waals surface area contributed by atoms with Gasteiger partial charge in [0, 0.05) is 38.3 Å². The number of methoxy groups -OCH3 is 2. The summed E-state index contributed by atoms with van der Waals surface area (Å²) in [6, 6.07) is 10.2. The second-order valence-corrected chi connectivity index (χ2v) is 14.8. The Morgan fingerprint density at radius 2 is 1.04 bits per heavy atom. The van der Waals surface area contributed by atoms with Crippen LogP contribution in [0, 0.1) is 0 Å². The number of benzene rings is 2. The summed E-state index contributed by atoms with van der Waals surface area (Å²) in [6.07, 6.45) is -0.0877. The van der Waals surface area contributed by atoms with Crippen molar-refractivity contribution in [3.63, 3.8) is 0 Å². The zero-order valence-electron chi connectivity index (χ0n) is 34.1. The molecule has 16 heteroatoms. The van der Waals surface area contributed by atoms with Crippen molar-refractivity contribution in [3.8, 4) is 23.0 Å². The van der Waals surface area contributed by atoms with E-state index in [0.717, 1.165) is 11.1 Å². The number of hydrogen-bond acceptors (Lipinski definition) is 10. The highest BCUT2D eigenvalue weighted by Crippen LogP contribution is 2.33. The van der Waals surface area contributed by atoms with Gasteiger partial charge in [0.25, 0.3) is 0 Å². The molecule has 4 atom stereocenters. The number of carbonyl (C=O) groups excluding carboxylic acids is 4. The fourth-order valence-corrected chi connectivity index (χ4v) is 6.71. The fourth-order valence-electron chi connectivity index (χ4n) is 6.71. The van der Waals surface area contributed by atoms with Crippen molar-refractivity contribution in [1.29, 1.82) is 0 Å². The Morgan fingerprint density at radius 1 is 0.661 bits per heavy atom. The van der Waals surface area contributed by atoms with E-state index in [1.54, 1.807) is 33.8 Å². The third-order valence-electron chi connectivity index (χ3n) is 9.93. The molecule has 6 rings (SSSR count). The Hall–Kier alpha value is -5.54. The number of aliphatic imine (C=N–C) groups is 2. The molecule has 2 saturated heterocycles.